The molecule has 0 unspecified atom stereocenters. The molecule has 35 heavy (non-hydrogen) atoms. The number of hydrogen-bond acceptors (Lipinski definition) is 7. The van der Waals surface area contributed by atoms with Gasteiger partial charge in [0.25, 0.3) is 5.69 Å². The topological polar surface area (TPSA) is 104 Å². The van der Waals surface area contributed by atoms with E-state index in [1.54, 1.807) is 42.8 Å². The highest BCUT2D eigenvalue weighted by Gasteiger charge is 2.11. The maximum atomic E-state index is 12.4. The van der Waals surface area contributed by atoms with Crippen LogP contribution in [0.15, 0.2) is 84.3 Å². The van der Waals surface area contributed by atoms with Crippen molar-refractivity contribution >= 4 is 34.1 Å². The summed E-state index contributed by atoms with van der Waals surface area (Å²) in [4.78, 5) is 27.3. The molecule has 1 aromatic heterocycles. The van der Waals surface area contributed by atoms with Crippen LogP contribution in [0.4, 0.5) is 10.8 Å². The monoisotopic (exact) mass is 487 g/mol. The number of benzene rings is 3. The van der Waals surface area contributed by atoms with Gasteiger partial charge < -0.3 is 9.47 Å². The van der Waals surface area contributed by atoms with Gasteiger partial charge in [0.2, 0.25) is 5.91 Å². The van der Waals surface area contributed by atoms with Crippen molar-refractivity contribution in [2.75, 3.05) is 12.4 Å². The average Bonchev–Trinajstić information content (AvgIpc) is 3.35. The lowest BCUT2D eigenvalue weighted by Gasteiger charge is -2.11. The molecule has 1 N–H and O–H groups in total. The Bertz CT molecular complexity index is 1370. The van der Waals surface area contributed by atoms with Crippen LogP contribution in [-0.2, 0) is 11.4 Å². The standard InChI is InChI=1S/C26H21N3O5S/c1-33-24-14-18(10-12-23(24)34-16-19-6-3-2-4-7-19)11-13-25(30)28-26-27-22(17-35-26)20-8-5-9-21(15-20)29(31)32/h2-15,17H,16H2,1H3,(H,27,28,30). The van der Waals surface area contributed by atoms with E-state index in [1.807, 2.05) is 36.4 Å². The van der Waals surface area contributed by atoms with E-state index in [-0.39, 0.29) is 11.6 Å². The van der Waals surface area contributed by atoms with Crippen molar-refractivity contribution in [1.82, 2.24) is 4.98 Å². The van der Waals surface area contributed by atoms with Crippen molar-refractivity contribution < 1.29 is 19.2 Å². The van der Waals surface area contributed by atoms with Crippen molar-refractivity contribution in [1.29, 1.82) is 0 Å². The van der Waals surface area contributed by atoms with Gasteiger partial charge in [0.05, 0.1) is 17.7 Å². The third-order valence-corrected chi connectivity index (χ3v) is 5.70. The quantitative estimate of drug-likeness (QED) is 0.178. The van der Waals surface area contributed by atoms with Crippen molar-refractivity contribution in [3.63, 3.8) is 0 Å². The molecule has 0 spiro atoms. The van der Waals surface area contributed by atoms with Crippen molar-refractivity contribution in [2.45, 2.75) is 6.61 Å². The Hall–Kier alpha value is -4.50. The minimum atomic E-state index is -0.458. The first-order chi connectivity index (χ1) is 17.0. The summed E-state index contributed by atoms with van der Waals surface area (Å²) < 4.78 is 11.3. The van der Waals surface area contributed by atoms with E-state index in [4.69, 9.17) is 9.47 Å². The van der Waals surface area contributed by atoms with E-state index >= 15 is 0 Å². The molecule has 0 aliphatic carbocycles. The van der Waals surface area contributed by atoms with Gasteiger partial charge in [-0.2, -0.15) is 0 Å². The summed E-state index contributed by atoms with van der Waals surface area (Å²) in [5, 5.41) is 15.8. The molecular formula is C26H21N3O5S. The lowest BCUT2D eigenvalue weighted by Crippen LogP contribution is -2.07. The molecule has 1 amide bonds. The van der Waals surface area contributed by atoms with Gasteiger partial charge in [-0.15, -0.1) is 11.3 Å². The number of hydrogen-bond donors (Lipinski definition) is 1. The molecule has 3 aromatic carbocycles. The summed E-state index contributed by atoms with van der Waals surface area (Å²) in [6, 6.07) is 21.4. The fourth-order valence-electron chi connectivity index (χ4n) is 3.20. The molecule has 0 aliphatic heterocycles. The summed E-state index contributed by atoms with van der Waals surface area (Å²) in [5.74, 6) is 0.813. The SMILES string of the molecule is COc1cc(C=CC(=O)Nc2nc(-c3cccc([N+](=O)[O-])c3)cs2)ccc1OCc1ccccc1. The number of aromatic nitrogens is 1. The number of amides is 1. The van der Waals surface area contributed by atoms with Crippen LogP contribution < -0.4 is 14.8 Å². The second-order valence-corrected chi connectivity index (χ2v) is 8.21. The van der Waals surface area contributed by atoms with Crippen LogP contribution in [0.1, 0.15) is 11.1 Å². The second-order valence-electron chi connectivity index (χ2n) is 7.35. The summed E-state index contributed by atoms with van der Waals surface area (Å²) in [6.07, 6.45) is 3.06. The highest BCUT2D eigenvalue weighted by molar-refractivity contribution is 7.14. The van der Waals surface area contributed by atoms with Gasteiger partial charge in [-0.3, -0.25) is 20.2 Å². The van der Waals surface area contributed by atoms with E-state index in [2.05, 4.69) is 10.3 Å². The molecular weight excluding hydrogens is 466 g/mol. The molecule has 4 aromatic rings. The van der Waals surface area contributed by atoms with Crippen molar-refractivity contribution in [3.8, 4) is 22.8 Å². The Labute approximate surface area is 205 Å². The number of methoxy groups -OCH3 is 1. The second kappa shape index (κ2) is 11.1. The lowest BCUT2D eigenvalue weighted by atomic mass is 10.1. The maximum Gasteiger partial charge on any atom is 0.270 e. The van der Waals surface area contributed by atoms with Gasteiger partial charge in [-0.1, -0.05) is 48.5 Å². The van der Waals surface area contributed by atoms with E-state index in [0.717, 1.165) is 11.1 Å². The Morgan fingerprint density at radius 1 is 1.09 bits per heavy atom. The van der Waals surface area contributed by atoms with E-state index in [0.29, 0.717) is 34.5 Å². The number of nitrogens with zero attached hydrogens (tertiary/aromatic N) is 2. The Morgan fingerprint density at radius 3 is 2.69 bits per heavy atom. The first-order valence-electron chi connectivity index (χ1n) is 10.6. The van der Waals surface area contributed by atoms with Crippen molar-refractivity contribution in [2.24, 2.45) is 0 Å². The first-order valence-corrected chi connectivity index (χ1v) is 11.4. The smallest absolute Gasteiger partial charge is 0.270 e. The number of anilines is 1. The van der Waals surface area contributed by atoms with E-state index in [1.165, 1.54) is 29.5 Å². The molecule has 0 radical (unpaired) electrons. The summed E-state index contributed by atoms with van der Waals surface area (Å²) in [6.45, 7) is 0.418. The molecule has 0 aliphatic rings. The van der Waals surface area contributed by atoms with Crippen LogP contribution in [0.2, 0.25) is 0 Å². The van der Waals surface area contributed by atoms with E-state index in [9.17, 15) is 14.9 Å². The van der Waals surface area contributed by atoms with Crippen LogP contribution in [0.25, 0.3) is 17.3 Å². The zero-order valence-electron chi connectivity index (χ0n) is 18.7. The van der Waals surface area contributed by atoms with Crippen LogP contribution in [-0.4, -0.2) is 22.9 Å². The van der Waals surface area contributed by atoms with Gasteiger partial charge in [-0.05, 0) is 29.3 Å². The first kappa shape index (κ1) is 23.7. The van der Waals surface area contributed by atoms with Crippen molar-refractivity contribution in [3.05, 3.63) is 105 Å². The molecule has 9 heteroatoms. The zero-order chi connectivity index (χ0) is 24.6. The van der Waals surface area contributed by atoms with Crippen LogP contribution in [0.3, 0.4) is 0 Å². The number of thiazole rings is 1. The summed E-state index contributed by atoms with van der Waals surface area (Å²) >= 11 is 1.24. The molecule has 0 saturated heterocycles. The zero-order valence-corrected chi connectivity index (χ0v) is 19.5. The molecule has 8 nitrogen and oxygen atoms in total. The average molecular weight is 488 g/mol. The predicted octanol–water partition coefficient (Wildman–Crippen LogP) is 5.96. The lowest BCUT2D eigenvalue weighted by molar-refractivity contribution is -0.384. The molecule has 176 valence electrons. The Kier molecular flexibility index (Phi) is 7.49. The Balaban J connectivity index is 1.38. The fraction of sp³-hybridized carbons (Fsp3) is 0.0769. The van der Waals surface area contributed by atoms with Gasteiger partial charge in [0.15, 0.2) is 16.6 Å². The predicted molar refractivity (Wildman–Crippen MR) is 136 cm³/mol. The molecule has 0 bridgehead atoms. The highest BCUT2D eigenvalue weighted by Crippen LogP contribution is 2.30. The van der Waals surface area contributed by atoms with Crippen LogP contribution >= 0.6 is 11.3 Å². The summed E-state index contributed by atoms with van der Waals surface area (Å²) in [7, 11) is 1.56. The number of nitrogens with one attached hydrogen (secondary N) is 1. The van der Waals surface area contributed by atoms with Crippen LogP contribution in [0, 0.1) is 10.1 Å². The summed E-state index contributed by atoms with van der Waals surface area (Å²) in [5.41, 5.74) is 2.95. The van der Waals surface area contributed by atoms with E-state index < -0.39 is 4.92 Å². The molecule has 1 heterocycles. The number of carbonyl (C=O) groups is 1. The third kappa shape index (κ3) is 6.30. The normalized spacial score (nSPS) is 10.8. The molecule has 4 rings (SSSR count). The maximum absolute atomic E-state index is 12.4. The number of non-ortho nitro benzene ring substituents is 1. The highest BCUT2D eigenvalue weighted by atomic mass is 32.1. The van der Waals surface area contributed by atoms with Gasteiger partial charge in [-0.25, -0.2) is 4.98 Å². The number of ether oxygens (including phenoxy) is 2. The number of nitro groups is 1. The third-order valence-electron chi connectivity index (χ3n) is 4.94. The number of nitro benzene ring substituents is 1. The Morgan fingerprint density at radius 2 is 1.91 bits per heavy atom. The minimum Gasteiger partial charge on any atom is -0.493 e. The van der Waals surface area contributed by atoms with Gasteiger partial charge in [0, 0.05) is 29.2 Å². The number of rotatable bonds is 9. The minimum absolute atomic E-state index is 0.0177. The molecule has 0 saturated carbocycles. The molecule has 0 fully saturated rings. The number of carbonyl (C=O) groups excluding carboxylic acids is 1. The van der Waals surface area contributed by atoms with Crippen LogP contribution in [0.5, 0.6) is 11.5 Å². The molecule has 0 atom stereocenters. The largest absolute Gasteiger partial charge is 0.493 e. The van der Waals surface area contributed by atoms with Gasteiger partial charge >= 0.3 is 0 Å². The fourth-order valence-corrected chi connectivity index (χ4v) is 3.93. The van der Waals surface area contributed by atoms with Gasteiger partial charge in [0.1, 0.15) is 6.61 Å².